The average molecular weight is 585 g/mol. The van der Waals surface area contributed by atoms with Gasteiger partial charge >= 0.3 is 0 Å². The van der Waals surface area contributed by atoms with E-state index in [4.69, 9.17) is 35.7 Å². The Morgan fingerprint density at radius 2 is 1.52 bits per heavy atom. The largest absolute Gasteiger partial charge is 0.800 e. The van der Waals surface area contributed by atoms with Crippen molar-refractivity contribution >= 4 is 48.5 Å². The third kappa shape index (κ3) is 6.27. The molecule has 2 aromatic rings. The summed E-state index contributed by atoms with van der Waals surface area (Å²) in [6.07, 6.45) is 1.74. The predicted octanol–water partition coefficient (Wildman–Crippen LogP) is 2.52. The maximum atomic E-state index is 8.94. The maximum absolute atomic E-state index is 8.94. The van der Waals surface area contributed by atoms with E-state index in [1.165, 1.54) is 5.69 Å². The summed E-state index contributed by atoms with van der Waals surface area (Å²) >= 11 is 10.3. The number of hydrogen-bond donors (Lipinski definition) is 2. The molecule has 6 nitrogen and oxygen atoms in total. The van der Waals surface area contributed by atoms with Crippen LogP contribution >= 0.6 is 0 Å². The first-order valence-corrected chi connectivity index (χ1v) is 9.20. The Morgan fingerprint density at radius 1 is 0.926 bits per heavy atom. The second-order valence-corrected chi connectivity index (χ2v) is 7.18. The molecule has 1 aliphatic rings. The molecule has 0 atom stereocenters. The molecule has 27 heavy (non-hydrogen) atoms. The van der Waals surface area contributed by atoms with Crippen LogP contribution in [0.4, 0.5) is 17.1 Å². The minimum atomic E-state index is -0.222. The Kier molecular flexibility index (Phi) is 8.71. The maximum Gasteiger partial charge on any atom is 0.0943 e. The number of hydrogen-bond acceptors (Lipinski definition) is 8. The van der Waals surface area contributed by atoms with Gasteiger partial charge in [0.2, 0.25) is 0 Å². The first kappa shape index (κ1) is 22.3. The summed E-state index contributed by atoms with van der Waals surface area (Å²) < 4.78 is -0.222. The molecule has 1 fully saturated rings. The van der Waals surface area contributed by atoms with E-state index in [2.05, 4.69) is 26.9 Å². The van der Waals surface area contributed by atoms with Gasteiger partial charge in [0.1, 0.15) is 0 Å². The molecule has 0 aliphatic carbocycles. The molecule has 1 heterocycles. The zero-order chi connectivity index (χ0) is 18.5. The van der Waals surface area contributed by atoms with Crippen LogP contribution in [0, 0.1) is 0 Å². The van der Waals surface area contributed by atoms with Crippen molar-refractivity contribution in [2.75, 3.05) is 36.3 Å². The van der Waals surface area contributed by atoms with Crippen LogP contribution in [0.3, 0.4) is 0 Å². The van der Waals surface area contributed by atoms with Crippen LogP contribution in [-0.2, 0) is 47.6 Å². The van der Waals surface area contributed by atoms with E-state index in [0.29, 0.717) is 5.69 Å². The zero-order valence-electron chi connectivity index (χ0n) is 14.4. The van der Waals surface area contributed by atoms with Crippen molar-refractivity contribution in [1.29, 1.82) is 0 Å². The molecule has 2 aromatic carbocycles. The summed E-state index contributed by atoms with van der Waals surface area (Å²) in [6, 6.07) is 14.8. The molecule has 3 rings (SSSR count). The van der Waals surface area contributed by atoms with E-state index < -0.39 is 0 Å². The Hall–Kier alpha value is -0.970. The zero-order valence-corrected chi connectivity index (χ0v) is 18.2. The molecule has 1 saturated heterocycles. The molecule has 9 heteroatoms. The second-order valence-electron chi connectivity index (χ2n) is 5.99. The molecule has 2 N–H and O–H groups in total. The van der Waals surface area contributed by atoms with Gasteiger partial charge in [0.15, 0.2) is 0 Å². The number of nitrogens with zero attached hydrogens (tertiary/aromatic N) is 4. The number of piperazine rings is 1. The van der Waals surface area contributed by atoms with E-state index in [1.807, 2.05) is 12.1 Å². The first-order valence-electron chi connectivity index (χ1n) is 8.25. The standard InChI is InChI=1S/C18H22N4O2S2.Au/c23-22(24)17-5-1-14(2-6-17)13-19-15-3-7-16(8-4-15)20-9-11-21(12-10-20)18(25)26;/h1-8,13,18,23-26H,9-12H2;/p-2. The molecule has 0 amide bonds. The summed E-state index contributed by atoms with van der Waals surface area (Å²) in [5, 5.41) is 18.0. The molecule has 0 aromatic heterocycles. The Balaban J connectivity index is 0.00000261. The smallest absolute Gasteiger partial charge is 0.0943 e. The molecular formula is C18H20AuN4O2S2-2. The third-order valence-electron chi connectivity index (χ3n) is 4.31. The van der Waals surface area contributed by atoms with E-state index in [9.17, 15) is 0 Å². The van der Waals surface area contributed by atoms with Crippen LogP contribution in [-0.4, -0.2) is 52.4 Å². The van der Waals surface area contributed by atoms with Gasteiger partial charge in [0.05, 0.1) is 11.4 Å². The van der Waals surface area contributed by atoms with Gasteiger partial charge in [0, 0.05) is 60.5 Å². The molecule has 0 bridgehead atoms. The topological polar surface area (TPSA) is 62.5 Å². The van der Waals surface area contributed by atoms with Gasteiger partial charge in [-0.05, 0) is 42.0 Å². The van der Waals surface area contributed by atoms with E-state index in [0.717, 1.165) is 37.4 Å². The predicted molar refractivity (Wildman–Crippen MR) is 108 cm³/mol. The quantitative estimate of drug-likeness (QED) is 0.242. The van der Waals surface area contributed by atoms with Gasteiger partial charge in [-0.3, -0.25) is 15.4 Å². The third-order valence-corrected chi connectivity index (χ3v) is 4.91. The number of benzene rings is 2. The summed E-state index contributed by atoms with van der Waals surface area (Å²) in [6.45, 7) is 3.64. The molecule has 0 saturated carbocycles. The van der Waals surface area contributed by atoms with E-state index in [1.54, 1.807) is 30.5 Å². The number of aliphatic imine (C=N–C) groups is 1. The Bertz CT molecular complexity index is 734. The van der Waals surface area contributed by atoms with Crippen molar-refractivity contribution in [3.8, 4) is 0 Å². The van der Waals surface area contributed by atoms with Crippen molar-refractivity contribution < 1.29 is 32.8 Å². The summed E-state index contributed by atoms with van der Waals surface area (Å²) in [7, 11) is 0. The second kappa shape index (κ2) is 10.5. The van der Waals surface area contributed by atoms with Crippen LogP contribution in [0.15, 0.2) is 53.5 Å². The van der Waals surface area contributed by atoms with Gasteiger partial charge < -0.3 is 35.1 Å². The van der Waals surface area contributed by atoms with Crippen LogP contribution in [0.2, 0.25) is 0 Å². The van der Waals surface area contributed by atoms with Crippen molar-refractivity contribution in [3.63, 3.8) is 0 Å². The number of anilines is 2. The number of rotatable bonds is 5. The van der Waals surface area contributed by atoms with Gasteiger partial charge in [-0.25, -0.2) is 4.71 Å². The van der Waals surface area contributed by atoms with Gasteiger partial charge in [-0.1, -0.05) is 12.1 Å². The summed E-state index contributed by atoms with van der Waals surface area (Å²) in [5.74, 6) is 0. The minimum absolute atomic E-state index is 0. The van der Waals surface area contributed by atoms with Gasteiger partial charge in [-0.2, -0.15) is 0 Å². The first-order chi connectivity index (χ1) is 12.5. The molecule has 0 unspecified atom stereocenters. The monoisotopic (exact) mass is 585 g/mol. The summed E-state index contributed by atoms with van der Waals surface area (Å²) in [5.41, 5.74) is 3.20. The fraction of sp³-hybridized carbons (Fsp3) is 0.278. The molecular weight excluding hydrogens is 565 g/mol. The van der Waals surface area contributed by atoms with Gasteiger partial charge in [0.25, 0.3) is 0 Å². The van der Waals surface area contributed by atoms with E-state index >= 15 is 0 Å². The van der Waals surface area contributed by atoms with Crippen molar-refractivity contribution in [2.24, 2.45) is 4.99 Å². The van der Waals surface area contributed by atoms with Crippen LogP contribution in [0.1, 0.15) is 5.56 Å². The molecule has 0 spiro atoms. The van der Waals surface area contributed by atoms with Crippen molar-refractivity contribution in [2.45, 2.75) is 4.71 Å². The van der Waals surface area contributed by atoms with Crippen LogP contribution < -0.4 is 10.1 Å². The van der Waals surface area contributed by atoms with E-state index in [-0.39, 0.29) is 32.3 Å². The minimum Gasteiger partial charge on any atom is -0.800 e. The Labute approximate surface area is 185 Å². The molecule has 149 valence electrons. The normalized spacial score (nSPS) is 15.2. The van der Waals surface area contributed by atoms with Crippen LogP contribution in [0.5, 0.6) is 0 Å². The van der Waals surface area contributed by atoms with Gasteiger partial charge in [-0.15, -0.1) is 5.23 Å². The van der Waals surface area contributed by atoms with Crippen LogP contribution in [0.25, 0.3) is 0 Å². The average Bonchev–Trinajstić information content (AvgIpc) is 2.67. The molecule has 1 radical (unpaired) electrons. The fourth-order valence-electron chi connectivity index (χ4n) is 2.78. The van der Waals surface area contributed by atoms with Crippen molar-refractivity contribution in [1.82, 2.24) is 4.90 Å². The molecule has 1 aliphatic heterocycles. The fourth-order valence-corrected chi connectivity index (χ4v) is 3.20. The van der Waals surface area contributed by atoms with Crippen molar-refractivity contribution in [3.05, 3.63) is 54.1 Å². The summed E-state index contributed by atoms with van der Waals surface area (Å²) in [4.78, 5) is 8.92. The Morgan fingerprint density at radius 3 is 2.04 bits per heavy atom. The SMILES string of the molecule is ON(O)c1ccc(C=Nc2ccc(N3CCN(C([S-])[S-])CC3)cc2)cc1.[Au].